The lowest BCUT2D eigenvalue weighted by Gasteiger charge is -2.17. The molecular weight excluding hydrogens is 362 g/mol. The fraction of sp³-hybridized carbons (Fsp3) is 0.250. The van der Waals surface area contributed by atoms with E-state index in [0.29, 0.717) is 11.3 Å². The quantitative estimate of drug-likeness (QED) is 0.585. The van der Waals surface area contributed by atoms with Crippen LogP contribution in [0.5, 0.6) is 5.75 Å². The number of aryl methyl sites for hydroxylation is 1. The highest BCUT2D eigenvalue weighted by atomic mass is 32.2. The number of nitrogens with zero attached hydrogens (tertiary/aromatic N) is 2. The molecule has 0 aliphatic carbocycles. The molecule has 134 valence electrons. The van der Waals surface area contributed by atoms with Crippen LogP contribution in [0.2, 0.25) is 0 Å². The molecule has 25 heavy (non-hydrogen) atoms. The number of hydrogen-bond donors (Lipinski definition) is 1. The number of methoxy groups -OCH3 is 1. The summed E-state index contributed by atoms with van der Waals surface area (Å²) in [6.45, 7) is 1.42. The van der Waals surface area contributed by atoms with E-state index in [-0.39, 0.29) is 11.4 Å². The van der Waals surface area contributed by atoms with Gasteiger partial charge in [-0.15, -0.1) is 11.3 Å². The molecule has 0 spiro atoms. The Labute approximate surface area is 151 Å². The lowest BCUT2D eigenvalue weighted by Crippen LogP contribution is -2.36. The van der Waals surface area contributed by atoms with Crippen molar-refractivity contribution in [1.29, 1.82) is 0 Å². The first-order valence-electron chi connectivity index (χ1n) is 7.31. The van der Waals surface area contributed by atoms with Crippen molar-refractivity contribution in [2.75, 3.05) is 20.7 Å². The smallest absolute Gasteiger partial charge is 0.255 e. The molecule has 0 atom stereocenters. The summed E-state index contributed by atoms with van der Waals surface area (Å²) in [4.78, 5) is 12.9. The van der Waals surface area contributed by atoms with Gasteiger partial charge in [-0.1, -0.05) is 6.07 Å². The second kappa shape index (κ2) is 8.24. The molecule has 0 bridgehead atoms. The molecular formula is C16H19N3O4S2. The lowest BCUT2D eigenvalue weighted by molar-refractivity contribution is -0.121. The van der Waals surface area contributed by atoms with Gasteiger partial charge in [-0.2, -0.15) is 9.41 Å². The van der Waals surface area contributed by atoms with Gasteiger partial charge in [-0.3, -0.25) is 4.79 Å². The molecule has 1 heterocycles. The van der Waals surface area contributed by atoms with Crippen LogP contribution in [-0.4, -0.2) is 45.5 Å². The van der Waals surface area contributed by atoms with Crippen LogP contribution in [0.15, 0.2) is 45.7 Å². The fourth-order valence-corrected chi connectivity index (χ4v) is 3.84. The summed E-state index contributed by atoms with van der Waals surface area (Å²) in [7, 11) is -0.920. The minimum Gasteiger partial charge on any atom is -0.496 e. The summed E-state index contributed by atoms with van der Waals surface area (Å²) in [5.41, 5.74) is 3.01. The first kappa shape index (κ1) is 19.1. The van der Waals surface area contributed by atoms with Crippen molar-refractivity contribution < 1.29 is 17.9 Å². The maximum absolute atomic E-state index is 12.5. The average Bonchev–Trinajstić information content (AvgIpc) is 3.08. The Morgan fingerprint density at radius 2 is 2.16 bits per heavy atom. The molecule has 0 radical (unpaired) electrons. The van der Waals surface area contributed by atoms with E-state index in [2.05, 4.69) is 10.5 Å². The number of rotatable bonds is 7. The summed E-state index contributed by atoms with van der Waals surface area (Å²) >= 11 is 1.48. The van der Waals surface area contributed by atoms with Crippen molar-refractivity contribution in [3.05, 3.63) is 46.2 Å². The van der Waals surface area contributed by atoms with E-state index in [4.69, 9.17) is 4.74 Å². The molecule has 0 unspecified atom stereocenters. The van der Waals surface area contributed by atoms with Gasteiger partial charge in [0, 0.05) is 11.9 Å². The summed E-state index contributed by atoms with van der Waals surface area (Å²) < 4.78 is 31.2. The Hall–Kier alpha value is -2.23. The van der Waals surface area contributed by atoms with Crippen LogP contribution < -0.4 is 10.2 Å². The zero-order valence-electron chi connectivity index (χ0n) is 14.1. The summed E-state index contributed by atoms with van der Waals surface area (Å²) in [6.07, 6.45) is 1.50. The number of thiophene rings is 1. The number of hydrogen-bond acceptors (Lipinski definition) is 6. The predicted octanol–water partition coefficient (Wildman–Crippen LogP) is 1.84. The number of carbonyl (C=O) groups excluding carboxylic acids is 1. The van der Waals surface area contributed by atoms with Gasteiger partial charge in [0.2, 0.25) is 10.0 Å². The van der Waals surface area contributed by atoms with Crippen LogP contribution in [0.25, 0.3) is 0 Å². The highest BCUT2D eigenvalue weighted by Gasteiger charge is 2.23. The molecule has 0 aliphatic heterocycles. The zero-order chi connectivity index (χ0) is 18.4. The number of amides is 1. The van der Waals surface area contributed by atoms with Crippen LogP contribution >= 0.6 is 11.3 Å². The number of nitrogens with one attached hydrogen (secondary N) is 1. The van der Waals surface area contributed by atoms with Gasteiger partial charge >= 0.3 is 0 Å². The number of likely N-dealkylation sites (N-methyl/N-ethyl adjacent to an activating group) is 1. The van der Waals surface area contributed by atoms with Crippen molar-refractivity contribution in [3.8, 4) is 5.75 Å². The van der Waals surface area contributed by atoms with Crippen LogP contribution in [0.1, 0.15) is 10.4 Å². The third kappa shape index (κ3) is 4.88. The number of benzene rings is 1. The van der Waals surface area contributed by atoms with Crippen LogP contribution in [0, 0.1) is 6.92 Å². The van der Waals surface area contributed by atoms with Gasteiger partial charge in [0.15, 0.2) is 0 Å². The number of ether oxygens (including phenoxy) is 1. The Bertz CT molecular complexity index is 862. The second-order valence-corrected chi connectivity index (χ2v) is 8.23. The zero-order valence-corrected chi connectivity index (χ0v) is 15.7. The van der Waals surface area contributed by atoms with Crippen molar-refractivity contribution in [2.45, 2.75) is 11.8 Å². The lowest BCUT2D eigenvalue weighted by atomic mass is 10.2. The normalized spacial score (nSPS) is 11.8. The third-order valence-corrected chi connectivity index (χ3v) is 5.97. The largest absolute Gasteiger partial charge is 0.496 e. The first-order chi connectivity index (χ1) is 11.8. The second-order valence-electron chi connectivity index (χ2n) is 5.20. The molecule has 0 saturated carbocycles. The van der Waals surface area contributed by atoms with Crippen molar-refractivity contribution >= 4 is 33.5 Å². The van der Waals surface area contributed by atoms with Gasteiger partial charge in [0.25, 0.3) is 5.91 Å². The summed E-state index contributed by atoms with van der Waals surface area (Å²) in [6, 6.07) is 8.26. The minimum absolute atomic E-state index is 0.100. The molecule has 0 aliphatic rings. The monoisotopic (exact) mass is 381 g/mol. The Kier molecular flexibility index (Phi) is 6.29. The average molecular weight is 381 g/mol. The molecule has 0 saturated heterocycles. The van der Waals surface area contributed by atoms with E-state index < -0.39 is 15.9 Å². The number of hydrazone groups is 1. The molecule has 9 heteroatoms. The maximum atomic E-state index is 12.5. The van der Waals surface area contributed by atoms with Gasteiger partial charge in [-0.25, -0.2) is 13.8 Å². The van der Waals surface area contributed by atoms with E-state index in [1.165, 1.54) is 43.8 Å². The van der Waals surface area contributed by atoms with Gasteiger partial charge in [0.05, 0.1) is 24.8 Å². The van der Waals surface area contributed by atoms with E-state index in [0.717, 1.165) is 9.18 Å². The van der Waals surface area contributed by atoms with Gasteiger partial charge < -0.3 is 4.74 Å². The highest BCUT2D eigenvalue weighted by molar-refractivity contribution is 7.89. The summed E-state index contributed by atoms with van der Waals surface area (Å²) in [5.74, 6) is 0.0753. The van der Waals surface area contributed by atoms with E-state index in [1.54, 1.807) is 13.0 Å². The summed E-state index contributed by atoms with van der Waals surface area (Å²) in [5, 5.41) is 5.70. The SMILES string of the molecule is COc1ccc(S(=O)(=O)N(C)CC(=O)N/N=C/c2cccs2)cc1C. The van der Waals surface area contributed by atoms with E-state index >= 15 is 0 Å². The van der Waals surface area contributed by atoms with E-state index in [9.17, 15) is 13.2 Å². The van der Waals surface area contributed by atoms with Crippen molar-refractivity contribution in [1.82, 2.24) is 9.73 Å². The predicted molar refractivity (Wildman–Crippen MR) is 97.6 cm³/mol. The molecule has 1 amide bonds. The van der Waals surface area contributed by atoms with Crippen molar-refractivity contribution in [2.24, 2.45) is 5.10 Å². The maximum Gasteiger partial charge on any atom is 0.255 e. The molecule has 0 fully saturated rings. The van der Waals surface area contributed by atoms with Crippen LogP contribution in [0.4, 0.5) is 0 Å². The topological polar surface area (TPSA) is 88.1 Å². The molecule has 2 rings (SSSR count). The van der Waals surface area contributed by atoms with E-state index in [1.807, 2.05) is 17.5 Å². The number of sulfonamides is 1. The minimum atomic E-state index is -3.78. The van der Waals surface area contributed by atoms with Crippen molar-refractivity contribution in [3.63, 3.8) is 0 Å². The van der Waals surface area contributed by atoms with Gasteiger partial charge in [0.1, 0.15) is 5.75 Å². The first-order valence-corrected chi connectivity index (χ1v) is 9.63. The molecule has 2 aromatic rings. The van der Waals surface area contributed by atoms with Gasteiger partial charge in [-0.05, 0) is 42.1 Å². The fourth-order valence-electron chi connectivity index (χ4n) is 2.05. The van der Waals surface area contributed by atoms with Crippen LogP contribution in [0.3, 0.4) is 0 Å². The molecule has 1 aromatic heterocycles. The van der Waals surface area contributed by atoms with Crippen LogP contribution in [-0.2, 0) is 14.8 Å². The highest BCUT2D eigenvalue weighted by Crippen LogP contribution is 2.23. The number of carbonyl (C=O) groups is 1. The Morgan fingerprint density at radius 1 is 1.40 bits per heavy atom. The Balaban J connectivity index is 2.01. The third-order valence-electron chi connectivity index (χ3n) is 3.36. The molecule has 1 N–H and O–H groups in total. The standard InChI is InChI=1S/C16H19N3O4S2/c1-12-9-14(6-7-15(12)23-3)25(21,22)19(2)11-16(20)18-17-10-13-5-4-8-24-13/h4-10H,11H2,1-3H3,(H,18,20)/b17-10+. The molecule has 7 nitrogen and oxygen atoms in total. The molecule has 1 aromatic carbocycles. The Morgan fingerprint density at radius 3 is 2.76 bits per heavy atom.